The van der Waals surface area contributed by atoms with E-state index in [1.165, 1.54) is 0 Å². The molecule has 1 atom stereocenters. The fourth-order valence-corrected chi connectivity index (χ4v) is 2.52. The molecule has 0 aromatic heterocycles. The first-order chi connectivity index (χ1) is 10.7. The third-order valence-electron chi connectivity index (χ3n) is 3.99. The molecule has 3 N–H and O–H groups in total. The molecular formula is C18H28N2O3. The Labute approximate surface area is 138 Å². The minimum Gasteiger partial charge on any atom is -0.392 e. The van der Waals surface area contributed by atoms with Gasteiger partial charge in [-0.1, -0.05) is 52.8 Å². The molecule has 0 heterocycles. The lowest BCUT2D eigenvalue weighted by molar-refractivity contribution is -0.136. The van der Waals surface area contributed by atoms with Gasteiger partial charge in [0, 0.05) is 17.6 Å². The summed E-state index contributed by atoms with van der Waals surface area (Å²) in [6.07, 6.45) is 0.206. The molecule has 0 aliphatic rings. The van der Waals surface area contributed by atoms with Gasteiger partial charge in [-0.2, -0.15) is 0 Å². The Morgan fingerprint density at radius 2 is 1.78 bits per heavy atom. The lowest BCUT2D eigenvalue weighted by atomic mass is 9.81. The van der Waals surface area contributed by atoms with Crippen LogP contribution in [0, 0.1) is 11.3 Å². The minimum absolute atomic E-state index is 0.0761. The van der Waals surface area contributed by atoms with Crippen LogP contribution >= 0.6 is 0 Å². The lowest BCUT2D eigenvalue weighted by Gasteiger charge is -2.33. The van der Waals surface area contributed by atoms with Crippen molar-refractivity contribution >= 4 is 17.5 Å². The first kappa shape index (κ1) is 19.2. The van der Waals surface area contributed by atoms with Gasteiger partial charge in [-0.3, -0.25) is 9.59 Å². The number of amides is 2. The molecule has 0 aliphatic heterocycles. The van der Waals surface area contributed by atoms with Crippen molar-refractivity contribution in [3.63, 3.8) is 0 Å². The molecule has 0 fully saturated rings. The van der Waals surface area contributed by atoms with Crippen molar-refractivity contribution in [2.24, 2.45) is 11.3 Å². The number of rotatable bonds is 6. The van der Waals surface area contributed by atoms with Gasteiger partial charge in [0.05, 0.1) is 6.10 Å². The van der Waals surface area contributed by atoms with Crippen LogP contribution in [-0.2, 0) is 16.0 Å². The highest BCUT2D eigenvalue weighted by Crippen LogP contribution is 2.25. The molecule has 1 aromatic rings. The molecule has 23 heavy (non-hydrogen) atoms. The number of hydrogen-bond donors (Lipinski definition) is 3. The summed E-state index contributed by atoms with van der Waals surface area (Å²) < 4.78 is 0. The number of anilines is 1. The SMILES string of the molecule is CCc1ccccc1NC(=O)C(=O)NCC(C)(C)C(O)C(C)C. The maximum atomic E-state index is 12.0. The summed E-state index contributed by atoms with van der Waals surface area (Å²) in [5, 5.41) is 15.4. The van der Waals surface area contributed by atoms with Crippen LogP contribution in [0.3, 0.4) is 0 Å². The van der Waals surface area contributed by atoms with Crippen molar-refractivity contribution in [1.29, 1.82) is 0 Å². The van der Waals surface area contributed by atoms with E-state index in [4.69, 9.17) is 0 Å². The second-order valence-electron chi connectivity index (χ2n) is 6.82. The van der Waals surface area contributed by atoms with Crippen LogP contribution in [0.4, 0.5) is 5.69 Å². The van der Waals surface area contributed by atoms with E-state index in [1.807, 2.05) is 52.8 Å². The quantitative estimate of drug-likeness (QED) is 0.704. The third kappa shape index (κ3) is 5.36. The van der Waals surface area contributed by atoms with Gasteiger partial charge in [0.15, 0.2) is 0 Å². The largest absolute Gasteiger partial charge is 0.392 e. The highest BCUT2D eigenvalue weighted by atomic mass is 16.3. The molecule has 128 valence electrons. The second-order valence-corrected chi connectivity index (χ2v) is 6.82. The van der Waals surface area contributed by atoms with Gasteiger partial charge in [0.1, 0.15) is 0 Å². The van der Waals surface area contributed by atoms with Gasteiger partial charge in [-0.05, 0) is 24.0 Å². The van der Waals surface area contributed by atoms with Gasteiger partial charge in [0.2, 0.25) is 0 Å². The van der Waals surface area contributed by atoms with E-state index in [-0.39, 0.29) is 12.5 Å². The number of benzene rings is 1. The zero-order chi connectivity index (χ0) is 17.6. The Balaban J connectivity index is 2.63. The molecule has 1 aromatic carbocycles. The Bertz CT molecular complexity index is 553. The zero-order valence-corrected chi connectivity index (χ0v) is 14.6. The maximum Gasteiger partial charge on any atom is 0.313 e. The first-order valence-corrected chi connectivity index (χ1v) is 8.04. The zero-order valence-electron chi connectivity index (χ0n) is 14.6. The molecular weight excluding hydrogens is 292 g/mol. The molecule has 2 amide bonds. The molecule has 0 spiro atoms. The van der Waals surface area contributed by atoms with Gasteiger partial charge < -0.3 is 15.7 Å². The van der Waals surface area contributed by atoms with Crippen LogP contribution in [0.1, 0.15) is 40.2 Å². The summed E-state index contributed by atoms with van der Waals surface area (Å²) in [4.78, 5) is 24.0. The summed E-state index contributed by atoms with van der Waals surface area (Å²) in [5.74, 6) is -1.31. The number of para-hydroxylation sites is 1. The molecule has 0 radical (unpaired) electrons. The van der Waals surface area contributed by atoms with E-state index < -0.39 is 23.3 Å². The van der Waals surface area contributed by atoms with Gasteiger partial charge in [-0.15, -0.1) is 0 Å². The van der Waals surface area contributed by atoms with E-state index in [1.54, 1.807) is 6.07 Å². The molecule has 0 aliphatic carbocycles. The summed E-state index contributed by atoms with van der Waals surface area (Å²) in [7, 11) is 0. The van der Waals surface area contributed by atoms with Gasteiger partial charge >= 0.3 is 11.8 Å². The summed E-state index contributed by atoms with van der Waals surface area (Å²) in [6.45, 7) is 9.78. The van der Waals surface area contributed by atoms with Crippen LogP contribution in [0.2, 0.25) is 0 Å². The average molecular weight is 320 g/mol. The van der Waals surface area contributed by atoms with Crippen LogP contribution in [0.25, 0.3) is 0 Å². The Morgan fingerprint density at radius 3 is 2.35 bits per heavy atom. The van der Waals surface area contributed by atoms with Crippen molar-refractivity contribution in [2.45, 2.75) is 47.1 Å². The van der Waals surface area contributed by atoms with Crippen molar-refractivity contribution < 1.29 is 14.7 Å². The van der Waals surface area contributed by atoms with Crippen LogP contribution < -0.4 is 10.6 Å². The topological polar surface area (TPSA) is 78.4 Å². The lowest BCUT2D eigenvalue weighted by Crippen LogP contribution is -2.46. The molecule has 0 saturated carbocycles. The normalized spacial score (nSPS) is 12.8. The van der Waals surface area contributed by atoms with Crippen molar-refractivity contribution in [3.8, 4) is 0 Å². The predicted molar refractivity (Wildman–Crippen MR) is 92.1 cm³/mol. The molecule has 1 rings (SSSR count). The van der Waals surface area contributed by atoms with E-state index in [0.29, 0.717) is 5.69 Å². The van der Waals surface area contributed by atoms with Crippen molar-refractivity contribution in [1.82, 2.24) is 5.32 Å². The molecule has 1 unspecified atom stereocenters. The van der Waals surface area contributed by atoms with Gasteiger partial charge in [0.25, 0.3) is 0 Å². The number of nitrogens with one attached hydrogen (secondary N) is 2. The first-order valence-electron chi connectivity index (χ1n) is 8.04. The molecule has 0 saturated heterocycles. The highest BCUT2D eigenvalue weighted by Gasteiger charge is 2.31. The Hall–Kier alpha value is -1.88. The van der Waals surface area contributed by atoms with E-state index in [9.17, 15) is 14.7 Å². The fourth-order valence-electron chi connectivity index (χ4n) is 2.52. The second kappa shape index (κ2) is 8.11. The summed E-state index contributed by atoms with van der Waals surface area (Å²) in [5.41, 5.74) is 1.12. The van der Waals surface area contributed by atoms with E-state index in [0.717, 1.165) is 12.0 Å². The van der Waals surface area contributed by atoms with E-state index >= 15 is 0 Å². The maximum absolute atomic E-state index is 12.0. The minimum atomic E-state index is -0.695. The number of carbonyl (C=O) groups excluding carboxylic acids is 2. The molecule has 5 heteroatoms. The van der Waals surface area contributed by atoms with Gasteiger partial charge in [-0.25, -0.2) is 0 Å². The molecule has 0 bridgehead atoms. The number of aliphatic hydroxyl groups is 1. The third-order valence-corrected chi connectivity index (χ3v) is 3.99. The highest BCUT2D eigenvalue weighted by molar-refractivity contribution is 6.39. The average Bonchev–Trinajstić information content (AvgIpc) is 2.52. The summed E-state index contributed by atoms with van der Waals surface area (Å²) in [6, 6.07) is 7.39. The van der Waals surface area contributed by atoms with Crippen molar-refractivity contribution in [2.75, 3.05) is 11.9 Å². The van der Waals surface area contributed by atoms with Crippen LogP contribution in [0.15, 0.2) is 24.3 Å². The summed E-state index contributed by atoms with van der Waals surface area (Å²) >= 11 is 0. The number of hydrogen-bond acceptors (Lipinski definition) is 3. The standard InChI is InChI=1S/C18H28N2O3/c1-6-13-9-7-8-10-14(13)20-17(23)16(22)19-11-18(4,5)15(21)12(2)3/h7-10,12,15,21H,6,11H2,1-5H3,(H,19,22)(H,20,23). The van der Waals surface area contributed by atoms with Crippen molar-refractivity contribution in [3.05, 3.63) is 29.8 Å². The predicted octanol–water partition coefficient (Wildman–Crippen LogP) is 2.35. The number of aliphatic hydroxyl groups excluding tert-OH is 1. The van der Waals surface area contributed by atoms with Crippen LogP contribution in [-0.4, -0.2) is 29.6 Å². The smallest absolute Gasteiger partial charge is 0.313 e. The fraction of sp³-hybridized carbons (Fsp3) is 0.556. The monoisotopic (exact) mass is 320 g/mol. The number of aryl methyl sites for hydroxylation is 1. The molecule has 5 nitrogen and oxygen atoms in total. The Morgan fingerprint density at radius 1 is 1.17 bits per heavy atom. The van der Waals surface area contributed by atoms with E-state index in [2.05, 4.69) is 10.6 Å². The Kier molecular flexibility index (Phi) is 6.76. The number of carbonyl (C=O) groups is 2. The van der Waals surface area contributed by atoms with Crippen LogP contribution in [0.5, 0.6) is 0 Å².